The predicted octanol–water partition coefficient (Wildman–Crippen LogP) is 2.29. The van der Waals surface area contributed by atoms with Crippen molar-refractivity contribution in [2.75, 3.05) is 0 Å². The van der Waals surface area contributed by atoms with Crippen LogP contribution in [0.3, 0.4) is 0 Å². The van der Waals surface area contributed by atoms with Crippen molar-refractivity contribution < 1.29 is 4.79 Å². The third-order valence-corrected chi connectivity index (χ3v) is 3.07. The summed E-state index contributed by atoms with van der Waals surface area (Å²) in [5.41, 5.74) is 6.35. The van der Waals surface area contributed by atoms with E-state index in [-0.39, 0.29) is 11.0 Å². The summed E-state index contributed by atoms with van der Waals surface area (Å²) < 4.78 is 0.300. The average Bonchev–Trinajstić information content (AvgIpc) is 2.15. The van der Waals surface area contributed by atoms with Gasteiger partial charge in [0, 0.05) is 0 Å². The zero-order valence-electron chi connectivity index (χ0n) is 7.77. The fourth-order valence-corrected chi connectivity index (χ4v) is 2.11. The first-order valence-electron chi connectivity index (χ1n) is 4.12. The van der Waals surface area contributed by atoms with Crippen LogP contribution in [0.25, 0.3) is 0 Å². The van der Waals surface area contributed by atoms with Crippen molar-refractivity contribution >= 4 is 34.1 Å². The van der Waals surface area contributed by atoms with Gasteiger partial charge in [0.15, 0.2) is 0 Å². The molecule has 0 amide bonds. The van der Waals surface area contributed by atoms with Crippen LogP contribution in [0.15, 0.2) is 30.3 Å². The topological polar surface area (TPSA) is 43.1 Å². The first-order valence-corrected chi connectivity index (χ1v) is 5.41. The van der Waals surface area contributed by atoms with Crippen molar-refractivity contribution in [2.24, 2.45) is 5.73 Å². The van der Waals surface area contributed by atoms with E-state index >= 15 is 0 Å². The molecule has 0 aliphatic carbocycles. The van der Waals surface area contributed by atoms with Gasteiger partial charge in [-0.2, -0.15) is 0 Å². The highest BCUT2D eigenvalue weighted by Gasteiger charge is 2.17. The number of carbonyl (C=O) groups excluding carboxylic acids is 1. The van der Waals surface area contributed by atoms with Gasteiger partial charge in [0.1, 0.15) is 10.1 Å². The lowest BCUT2D eigenvalue weighted by Gasteiger charge is -2.11. The van der Waals surface area contributed by atoms with Crippen molar-refractivity contribution in [3.63, 3.8) is 0 Å². The maximum absolute atomic E-state index is 11.3. The third kappa shape index (κ3) is 3.12. The van der Waals surface area contributed by atoms with Crippen LogP contribution in [0, 0.1) is 0 Å². The summed E-state index contributed by atoms with van der Waals surface area (Å²) in [7, 11) is 0. The summed E-state index contributed by atoms with van der Waals surface area (Å²) in [6.45, 7) is 1.54. The van der Waals surface area contributed by atoms with Gasteiger partial charge < -0.3 is 5.73 Å². The molecular formula is C10H11NOS2. The molecule has 2 nitrogen and oxygen atoms in total. The van der Waals surface area contributed by atoms with Gasteiger partial charge in [-0.15, -0.1) is 0 Å². The summed E-state index contributed by atoms with van der Waals surface area (Å²) in [6.07, 6.45) is 0. The van der Waals surface area contributed by atoms with Crippen LogP contribution in [0.5, 0.6) is 0 Å². The maximum atomic E-state index is 11.3. The molecule has 14 heavy (non-hydrogen) atoms. The van der Waals surface area contributed by atoms with Gasteiger partial charge in [0.2, 0.25) is 0 Å². The second-order valence-corrected chi connectivity index (χ2v) is 4.68. The van der Waals surface area contributed by atoms with Gasteiger partial charge in [-0.3, -0.25) is 4.79 Å². The molecule has 1 unspecified atom stereocenters. The lowest BCUT2D eigenvalue weighted by atomic mass is 10.1. The highest BCUT2D eigenvalue weighted by Crippen LogP contribution is 2.29. The Morgan fingerprint density at radius 2 is 2.00 bits per heavy atom. The number of hydrogen-bond donors (Lipinski definition) is 1. The molecule has 0 spiro atoms. The minimum atomic E-state index is -0.270. The molecular weight excluding hydrogens is 214 g/mol. The highest BCUT2D eigenvalue weighted by atomic mass is 32.2. The van der Waals surface area contributed by atoms with Crippen LogP contribution in [0.2, 0.25) is 0 Å². The molecule has 1 rings (SSSR count). The third-order valence-electron chi connectivity index (χ3n) is 1.71. The number of ketones is 1. The number of thiocarbonyl (C=S) groups is 1. The summed E-state index contributed by atoms with van der Waals surface area (Å²) >= 11 is 6.00. The Labute approximate surface area is 92.9 Å². The zero-order chi connectivity index (χ0) is 10.6. The van der Waals surface area contributed by atoms with Gasteiger partial charge in [0.05, 0.1) is 5.25 Å². The highest BCUT2D eigenvalue weighted by molar-refractivity contribution is 8.23. The molecule has 1 aromatic rings. The molecule has 0 saturated carbocycles. The van der Waals surface area contributed by atoms with Crippen LogP contribution < -0.4 is 5.73 Å². The number of benzene rings is 1. The van der Waals surface area contributed by atoms with E-state index in [0.29, 0.717) is 4.32 Å². The van der Waals surface area contributed by atoms with E-state index < -0.39 is 0 Å². The van der Waals surface area contributed by atoms with Gasteiger partial charge >= 0.3 is 0 Å². The standard InChI is InChI=1S/C10H11NOS2/c1-7(12)9(14-10(11)13)8-5-3-2-4-6-8/h2-6,9H,1H3,(H2,11,13). The van der Waals surface area contributed by atoms with E-state index in [2.05, 4.69) is 0 Å². The molecule has 0 aliphatic rings. The Balaban J connectivity index is 2.89. The number of carbonyl (C=O) groups is 1. The smallest absolute Gasteiger partial charge is 0.147 e. The lowest BCUT2D eigenvalue weighted by molar-refractivity contribution is -0.116. The largest absolute Gasteiger partial charge is 0.385 e. The molecule has 4 heteroatoms. The number of Topliss-reactive ketones (excluding diaryl/α,β-unsaturated/α-hetero) is 1. The van der Waals surface area contributed by atoms with Crippen molar-refractivity contribution in [3.05, 3.63) is 35.9 Å². The Morgan fingerprint density at radius 1 is 1.43 bits per heavy atom. The zero-order valence-corrected chi connectivity index (χ0v) is 9.40. The predicted molar refractivity (Wildman–Crippen MR) is 64.2 cm³/mol. The van der Waals surface area contributed by atoms with E-state index in [4.69, 9.17) is 18.0 Å². The molecule has 1 atom stereocenters. The lowest BCUT2D eigenvalue weighted by Crippen LogP contribution is -2.11. The van der Waals surface area contributed by atoms with E-state index in [1.807, 2.05) is 30.3 Å². The Kier molecular flexibility index (Phi) is 4.10. The quantitative estimate of drug-likeness (QED) is 0.802. The Hall–Kier alpha value is -0.870. The summed E-state index contributed by atoms with van der Waals surface area (Å²) in [6, 6.07) is 9.50. The van der Waals surface area contributed by atoms with E-state index in [1.54, 1.807) is 6.92 Å². The molecule has 2 N–H and O–H groups in total. The second kappa shape index (κ2) is 5.12. The number of rotatable bonds is 3. The van der Waals surface area contributed by atoms with Crippen LogP contribution >= 0.6 is 24.0 Å². The molecule has 0 saturated heterocycles. The van der Waals surface area contributed by atoms with Crippen LogP contribution in [0.1, 0.15) is 17.7 Å². The molecule has 0 aliphatic heterocycles. The monoisotopic (exact) mass is 225 g/mol. The van der Waals surface area contributed by atoms with Crippen LogP contribution in [0.4, 0.5) is 0 Å². The first-order chi connectivity index (χ1) is 6.61. The van der Waals surface area contributed by atoms with Crippen molar-refractivity contribution in [2.45, 2.75) is 12.2 Å². The van der Waals surface area contributed by atoms with Gasteiger partial charge in [0.25, 0.3) is 0 Å². The summed E-state index contributed by atoms with van der Waals surface area (Å²) in [4.78, 5) is 11.3. The first kappa shape index (κ1) is 11.2. The fraction of sp³-hybridized carbons (Fsp3) is 0.200. The van der Waals surface area contributed by atoms with E-state index in [0.717, 1.165) is 5.56 Å². The molecule has 0 bridgehead atoms. The van der Waals surface area contributed by atoms with Gasteiger partial charge in [-0.1, -0.05) is 54.3 Å². The molecule has 0 aromatic heterocycles. The van der Waals surface area contributed by atoms with Crippen LogP contribution in [-0.2, 0) is 4.79 Å². The molecule has 1 aromatic carbocycles. The fourth-order valence-electron chi connectivity index (χ4n) is 1.13. The SMILES string of the molecule is CC(=O)C(SC(N)=S)c1ccccc1. The molecule has 0 heterocycles. The van der Waals surface area contributed by atoms with E-state index in [9.17, 15) is 4.79 Å². The van der Waals surface area contributed by atoms with Crippen LogP contribution in [-0.4, -0.2) is 10.1 Å². The minimum Gasteiger partial charge on any atom is -0.385 e. The summed E-state index contributed by atoms with van der Waals surface area (Å²) in [5.74, 6) is 0.0639. The molecule has 0 radical (unpaired) electrons. The van der Waals surface area contributed by atoms with Crippen molar-refractivity contribution in [1.82, 2.24) is 0 Å². The number of hydrogen-bond acceptors (Lipinski definition) is 3. The Bertz CT molecular complexity index is 337. The normalized spacial score (nSPS) is 12.1. The van der Waals surface area contributed by atoms with E-state index in [1.165, 1.54) is 11.8 Å². The number of nitrogens with two attached hydrogens (primary N) is 1. The number of thioether (sulfide) groups is 1. The van der Waals surface area contributed by atoms with Crippen molar-refractivity contribution in [3.8, 4) is 0 Å². The second-order valence-electron chi connectivity index (χ2n) is 2.84. The molecule has 0 fully saturated rings. The maximum Gasteiger partial charge on any atom is 0.147 e. The Morgan fingerprint density at radius 3 is 2.43 bits per heavy atom. The van der Waals surface area contributed by atoms with Crippen molar-refractivity contribution in [1.29, 1.82) is 0 Å². The minimum absolute atomic E-state index is 0.0639. The van der Waals surface area contributed by atoms with Gasteiger partial charge in [-0.25, -0.2) is 0 Å². The summed E-state index contributed by atoms with van der Waals surface area (Å²) in [5, 5.41) is -0.270. The van der Waals surface area contributed by atoms with Gasteiger partial charge in [-0.05, 0) is 12.5 Å². The molecule has 74 valence electrons. The average molecular weight is 225 g/mol.